The Morgan fingerprint density at radius 3 is 2.74 bits per heavy atom. The zero-order valence-corrected chi connectivity index (χ0v) is 14.3. The molecule has 1 aromatic heterocycles. The summed E-state index contributed by atoms with van der Waals surface area (Å²) in [6.45, 7) is 0.897. The lowest BCUT2D eigenvalue weighted by Crippen LogP contribution is -2.35. The first kappa shape index (κ1) is 15.3. The molecule has 0 N–H and O–H groups in total. The molecule has 1 aromatic carbocycles. The topological polar surface area (TPSA) is 27.1 Å². The van der Waals surface area contributed by atoms with Crippen LogP contribution in [0.5, 0.6) is 0 Å². The molecule has 3 nitrogen and oxygen atoms in total. The monoisotopic (exact) mass is 328 g/mol. The maximum atomic E-state index is 6.76. The SMILES string of the molecule is c1ccc([C@]2(C3CCCCC3)O[C@H](Cn3ccnc3)CS2)cc1. The number of imidazole rings is 1. The first-order valence-corrected chi connectivity index (χ1v) is 9.68. The highest BCUT2D eigenvalue weighted by Crippen LogP contribution is 2.54. The summed E-state index contributed by atoms with van der Waals surface area (Å²) in [5.74, 6) is 1.69. The van der Waals surface area contributed by atoms with Crippen molar-refractivity contribution in [2.45, 2.75) is 49.7 Å². The van der Waals surface area contributed by atoms with Crippen molar-refractivity contribution in [3.63, 3.8) is 0 Å². The third kappa shape index (κ3) is 3.07. The second-order valence-corrected chi connectivity index (χ2v) is 7.91. The van der Waals surface area contributed by atoms with Crippen LogP contribution in [0.3, 0.4) is 0 Å². The summed E-state index contributed by atoms with van der Waals surface area (Å²) in [7, 11) is 0. The molecule has 122 valence electrons. The Morgan fingerprint density at radius 2 is 2.00 bits per heavy atom. The minimum absolute atomic E-state index is 0.146. The van der Waals surface area contributed by atoms with Crippen molar-refractivity contribution in [1.29, 1.82) is 0 Å². The molecule has 2 atom stereocenters. The Morgan fingerprint density at radius 1 is 1.17 bits per heavy atom. The second kappa shape index (κ2) is 6.70. The van der Waals surface area contributed by atoms with Gasteiger partial charge in [-0.15, -0.1) is 11.8 Å². The minimum Gasteiger partial charge on any atom is -0.354 e. The molecule has 1 saturated carbocycles. The van der Waals surface area contributed by atoms with Gasteiger partial charge >= 0.3 is 0 Å². The van der Waals surface area contributed by atoms with Gasteiger partial charge in [0.2, 0.25) is 0 Å². The van der Waals surface area contributed by atoms with Gasteiger partial charge in [0.25, 0.3) is 0 Å². The third-order valence-electron chi connectivity index (χ3n) is 5.12. The highest BCUT2D eigenvalue weighted by atomic mass is 32.2. The lowest BCUT2D eigenvalue weighted by Gasteiger charge is -2.39. The molecule has 1 aliphatic carbocycles. The zero-order chi connectivity index (χ0) is 15.5. The molecule has 0 amide bonds. The van der Waals surface area contributed by atoms with E-state index in [4.69, 9.17) is 4.74 Å². The summed E-state index contributed by atoms with van der Waals surface area (Å²) < 4.78 is 8.89. The summed E-state index contributed by atoms with van der Waals surface area (Å²) in [6, 6.07) is 10.9. The standard InChI is InChI=1S/C19H24N2OS/c1-3-7-16(8-4-1)19(17-9-5-2-6-10-17)22-18(14-23-19)13-21-12-11-20-15-21/h1,3-4,7-8,11-12,15,17-18H,2,5-6,9-10,13-14H2/t18-,19+/m1/s1. The Kier molecular flexibility index (Phi) is 4.45. The number of hydrogen-bond donors (Lipinski definition) is 0. The fourth-order valence-electron chi connectivity index (χ4n) is 4.01. The van der Waals surface area contributed by atoms with Gasteiger partial charge in [0.15, 0.2) is 0 Å². The van der Waals surface area contributed by atoms with E-state index in [1.807, 2.05) is 30.5 Å². The Labute approximate surface area is 142 Å². The second-order valence-electron chi connectivity index (χ2n) is 6.68. The van der Waals surface area contributed by atoms with Crippen LogP contribution >= 0.6 is 11.8 Å². The molecule has 0 spiro atoms. The van der Waals surface area contributed by atoms with E-state index in [9.17, 15) is 0 Å². The summed E-state index contributed by atoms with van der Waals surface area (Å²) in [6.07, 6.45) is 12.7. The molecule has 2 aliphatic rings. The van der Waals surface area contributed by atoms with Gasteiger partial charge in [-0.25, -0.2) is 4.98 Å². The van der Waals surface area contributed by atoms with E-state index in [2.05, 4.69) is 39.9 Å². The normalized spacial score (nSPS) is 29.0. The third-order valence-corrected chi connectivity index (χ3v) is 6.75. The molecule has 2 aromatic rings. The molecule has 1 aliphatic heterocycles. The Balaban J connectivity index is 1.59. The van der Waals surface area contributed by atoms with Crippen LogP contribution < -0.4 is 0 Å². The molecular weight excluding hydrogens is 304 g/mol. The van der Waals surface area contributed by atoms with Crippen molar-refractivity contribution in [2.24, 2.45) is 5.92 Å². The average molecular weight is 328 g/mol. The number of aromatic nitrogens is 2. The van der Waals surface area contributed by atoms with Crippen LogP contribution in [0.2, 0.25) is 0 Å². The van der Waals surface area contributed by atoms with Crippen LogP contribution in [0, 0.1) is 5.92 Å². The Hall–Kier alpha value is -1.26. The van der Waals surface area contributed by atoms with E-state index in [1.165, 1.54) is 37.7 Å². The maximum Gasteiger partial charge on any atom is 0.142 e. The van der Waals surface area contributed by atoms with Gasteiger partial charge in [-0.3, -0.25) is 0 Å². The molecule has 0 bridgehead atoms. The summed E-state index contributed by atoms with van der Waals surface area (Å²) in [5, 5.41) is 0. The van der Waals surface area contributed by atoms with Crippen LogP contribution in [0.15, 0.2) is 49.1 Å². The number of thioether (sulfide) groups is 1. The molecule has 2 heterocycles. The molecule has 23 heavy (non-hydrogen) atoms. The highest BCUT2D eigenvalue weighted by molar-refractivity contribution is 8.00. The van der Waals surface area contributed by atoms with E-state index < -0.39 is 0 Å². The van der Waals surface area contributed by atoms with Crippen molar-refractivity contribution in [3.05, 3.63) is 54.6 Å². The minimum atomic E-state index is -0.146. The van der Waals surface area contributed by atoms with E-state index in [0.717, 1.165) is 12.3 Å². The fraction of sp³-hybridized carbons (Fsp3) is 0.526. The zero-order valence-electron chi connectivity index (χ0n) is 13.4. The molecule has 1 saturated heterocycles. The first-order valence-electron chi connectivity index (χ1n) is 8.70. The maximum absolute atomic E-state index is 6.76. The van der Waals surface area contributed by atoms with Crippen molar-refractivity contribution in [3.8, 4) is 0 Å². The molecule has 2 fully saturated rings. The molecule has 0 radical (unpaired) electrons. The van der Waals surface area contributed by atoms with E-state index in [0.29, 0.717) is 5.92 Å². The average Bonchev–Trinajstić information content (AvgIpc) is 3.28. The van der Waals surface area contributed by atoms with Crippen LogP contribution in [-0.4, -0.2) is 21.4 Å². The summed E-state index contributed by atoms with van der Waals surface area (Å²) >= 11 is 2.02. The molecule has 4 heteroatoms. The van der Waals surface area contributed by atoms with Gasteiger partial charge in [-0.2, -0.15) is 0 Å². The van der Waals surface area contributed by atoms with Gasteiger partial charge in [-0.05, 0) is 18.4 Å². The highest BCUT2D eigenvalue weighted by Gasteiger charge is 2.48. The van der Waals surface area contributed by atoms with Gasteiger partial charge in [0, 0.05) is 24.1 Å². The number of rotatable bonds is 4. The van der Waals surface area contributed by atoms with Crippen molar-refractivity contribution in [2.75, 3.05) is 5.75 Å². The lowest BCUT2D eigenvalue weighted by molar-refractivity contribution is -0.0610. The predicted octanol–water partition coefficient (Wildman–Crippen LogP) is 4.45. The van der Waals surface area contributed by atoms with Gasteiger partial charge in [0.1, 0.15) is 4.93 Å². The summed E-state index contributed by atoms with van der Waals surface area (Å²) in [4.78, 5) is 4.00. The molecular formula is C19H24N2OS. The fourth-order valence-corrected chi connectivity index (χ4v) is 5.59. The first-order chi connectivity index (χ1) is 11.4. The number of ether oxygens (including phenoxy) is 1. The van der Waals surface area contributed by atoms with Crippen LogP contribution in [0.1, 0.15) is 37.7 Å². The van der Waals surface area contributed by atoms with Crippen LogP contribution in [0.25, 0.3) is 0 Å². The number of hydrogen-bond acceptors (Lipinski definition) is 3. The summed E-state index contributed by atoms with van der Waals surface area (Å²) in [5.41, 5.74) is 1.35. The van der Waals surface area contributed by atoms with Gasteiger partial charge < -0.3 is 9.30 Å². The van der Waals surface area contributed by atoms with Crippen molar-refractivity contribution < 1.29 is 4.74 Å². The van der Waals surface area contributed by atoms with E-state index >= 15 is 0 Å². The smallest absolute Gasteiger partial charge is 0.142 e. The van der Waals surface area contributed by atoms with Crippen LogP contribution in [-0.2, 0) is 16.2 Å². The van der Waals surface area contributed by atoms with Gasteiger partial charge in [-0.1, -0.05) is 49.6 Å². The number of benzene rings is 1. The lowest BCUT2D eigenvalue weighted by atomic mass is 9.82. The Bertz CT molecular complexity index is 610. The largest absolute Gasteiger partial charge is 0.354 e. The van der Waals surface area contributed by atoms with E-state index in [-0.39, 0.29) is 11.0 Å². The van der Waals surface area contributed by atoms with Crippen LogP contribution in [0.4, 0.5) is 0 Å². The van der Waals surface area contributed by atoms with Crippen molar-refractivity contribution in [1.82, 2.24) is 9.55 Å². The number of nitrogens with zero attached hydrogens (tertiary/aromatic N) is 2. The quantitative estimate of drug-likeness (QED) is 0.830. The molecule has 4 rings (SSSR count). The van der Waals surface area contributed by atoms with Gasteiger partial charge in [0.05, 0.1) is 19.0 Å². The van der Waals surface area contributed by atoms with E-state index in [1.54, 1.807) is 0 Å². The van der Waals surface area contributed by atoms with Crippen molar-refractivity contribution >= 4 is 11.8 Å². The molecule has 0 unspecified atom stereocenters. The predicted molar refractivity (Wildman–Crippen MR) is 94.3 cm³/mol.